The molecule has 12 N–H and O–H groups in total. The predicted molar refractivity (Wildman–Crippen MR) is 163 cm³/mol. The first kappa shape index (κ1) is 42.2. The summed E-state index contributed by atoms with van der Waals surface area (Å²) < 4.78 is 44.1. The van der Waals surface area contributed by atoms with E-state index in [0.717, 1.165) is 10.8 Å². The molecule has 290 valence electrons. The second kappa shape index (κ2) is 18.5. The third-order valence-corrected chi connectivity index (χ3v) is 8.62. The summed E-state index contributed by atoms with van der Waals surface area (Å²) in [6.07, 6.45) is -15.6. The first-order chi connectivity index (χ1) is 23.9. The molecule has 2 fully saturated rings. The van der Waals surface area contributed by atoms with Gasteiger partial charge in [0, 0.05) is 26.1 Å². The van der Waals surface area contributed by atoms with Gasteiger partial charge >= 0.3 is 19.5 Å². The van der Waals surface area contributed by atoms with Gasteiger partial charge in [-0.1, -0.05) is 0 Å². The predicted octanol–water partition coefficient (Wildman–Crippen LogP) is -6.12. The van der Waals surface area contributed by atoms with Crippen LogP contribution in [0.1, 0.15) is 19.1 Å². The van der Waals surface area contributed by atoms with Crippen LogP contribution < -0.4 is 22.1 Å². The molecule has 2 aliphatic rings. The van der Waals surface area contributed by atoms with Gasteiger partial charge in [0.05, 0.1) is 51.7 Å². The van der Waals surface area contributed by atoms with E-state index in [1.807, 2.05) is 0 Å². The number of aliphatic hydroxyl groups excluding tert-OH is 6. The molecular formula is C26H42N5O19P. The number of carbonyl (C=O) groups excluding carboxylic acids is 2. The normalized spacial score (nSPS) is 30.2. The Labute approximate surface area is 288 Å². The number of carboxylic acids is 1. The number of nitrogen functional groups attached to an aromatic ring is 1. The molecule has 1 aromatic rings. The smallest absolute Gasteiger partial charge is 0.475 e. The van der Waals surface area contributed by atoms with Crippen LogP contribution in [0.25, 0.3) is 0 Å². The fraction of sp³-hybridized carbons (Fsp3) is 0.731. The number of aromatic nitrogens is 2. The monoisotopic (exact) mass is 759 g/mol. The van der Waals surface area contributed by atoms with E-state index in [9.17, 15) is 64.4 Å². The third kappa shape index (κ3) is 11.1. The molecule has 51 heavy (non-hydrogen) atoms. The molecule has 0 aromatic carbocycles. The van der Waals surface area contributed by atoms with Crippen LogP contribution in [0.4, 0.5) is 5.82 Å². The number of rotatable bonds is 19. The van der Waals surface area contributed by atoms with Crippen LogP contribution in [-0.2, 0) is 46.9 Å². The van der Waals surface area contributed by atoms with Crippen molar-refractivity contribution < 1.29 is 87.6 Å². The van der Waals surface area contributed by atoms with Gasteiger partial charge in [0.2, 0.25) is 11.8 Å². The number of methoxy groups -OCH3 is 1. The molecule has 3 heterocycles. The van der Waals surface area contributed by atoms with Crippen molar-refractivity contribution in [3.63, 3.8) is 0 Å². The van der Waals surface area contributed by atoms with Gasteiger partial charge in [-0.15, -0.1) is 0 Å². The van der Waals surface area contributed by atoms with Crippen molar-refractivity contribution in [2.24, 2.45) is 0 Å². The van der Waals surface area contributed by atoms with Gasteiger partial charge in [-0.2, -0.15) is 4.98 Å². The van der Waals surface area contributed by atoms with Crippen molar-refractivity contribution in [3.05, 3.63) is 22.7 Å². The molecule has 24 nitrogen and oxygen atoms in total. The van der Waals surface area contributed by atoms with Crippen molar-refractivity contribution in [1.29, 1.82) is 0 Å². The minimum atomic E-state index is -5.62. The number of hydrogen-bond acceptors (Lipinski definition) is 19. The Hall–Kier alpha value is -3.20. The number of nitrogens with zero attached hydrogens (tertiary/aromatic N) is 2. The number of carboxylic acid groups (broad SMARTS) is 1. The van der Waals surface area contributed by atoms with Gasteiger partial charge in [-0.3, -0.25) is 18.7 Å². The molecule has 2 amide bonds. The van der Waals surface area contributed by atoms with Gasteiger partial charge in [0.15, 0.2) is 6.23 Å². The minimum Gasteiger partial charge on any atom is -0.477 e. The number of nitrogens with two attached hydrogens (primary N) is 1. The minimum absolute atomic E-state index is 0.00834. The maximum absolute atomic E-state index is 13.0. The number of ether oxygens (including phenoxy) is 4. The van der Waals surface area contributed by atoms with Crippen LogP contribution in [0.3, 0.4) is 0 Å². The standard InChI is InChI=1S/C26H42N5O19P/c1-45-6-7-46-5-3-16(35)28-9-17(36)30-18-12(33)8-26(24(40)41,49-22(18)19(37)13(34)10-32)50-51(43,44)47-11-14-20(38)21(39)23(48-14)31-4-2-15(27)29-25(31)42/h2,4,12-14,18-23,32-34,37-39H,3,5-11H2,1H3,(H,28,35)(H,30,36)(H,40,41)(H,43,44)(H2,27,29,42)/t12-,13+,14+,18?,19+,20+,21+,22?,23+,26+/m0/s1. The first-order valence-electron chi connectivity index (χ1n) is 15.2. The largest absolute Gasteiger partial charge is 0.477 e. The van der Waals surface area contributed by atoms with Crippen LogP contribution in [-0.4, -0.2) is 169 Å². The number of carbonyl (C=O) groups is 3. The summed E-state index contributed by atoms with van der Waals surface area (Å²) in [7, 11) is -4.16. The fourth-order valence-corrected chi connectivity index (χ4v) is 5.95. The van der Waals surface area contributed by atoms with Crippen molar-refractivity contribution in [3.8, 4) is 0 Å². The zero-order chi connectivity index (χ0) is 38.1. The summed E-state index contributed by atoms with van der Waals surface area (Å²) in [5, 5.41) is 76.4. The Morgan fingerprint density at radius 3 is 2.51 bits per heavy atom. The number of phosphoric acid groups is 1. The van der Waals surface area contributed by atoms with Gasteiger partial charge in [0.25, 0.3) is 5.79 Å². The van der Waals surface area contributed by atoms with Gasteiger partial charge < -0.3 is 76.0 Å². The molecule has 0 bridgehead atoms. The SMILES string of the molecule is COCCOCCC(=O)NCC(=O)NC1C([C@H](O)[C@H](O)CO)O[C@](OP(=O)(O)OC[C@H]2O[C@@H](n3ccc(N)nc3=O)[C@H](O)[C@@H]2O)(C(=O)O)C[C@@H]1O. The number of aliphatic hydroxyl groups is 6. The van der Waals surface area contributed by atoms with Crippen LogP contribution in [0, 0.1) is 0 Å². The molecule has 2 saturated heterocycles. The summed E-state index contributed by atoms with van der Waals surface area (Å²) >= 11 is 0. The zero-order valence-electron chi connectivity index (χ0n) is 27.0. The summed E-state index contributed by atoms with van der Waals surface area (Å²) in [5.74, 6) is -7.21. The quantitative estimate of drug-likeness (QED) is 0.0462. The molecule has 0 radical (unpaired) electrons. The highest BCUT2D eigenvalue weighted by Gasteiger charge is 2.59. The van der Waals surface area contributed by atoms with E-state index in [1.54, 1.807) is 0 Å². The Kier molecular flexibility index (Phi) is 15.3. The highest BCUT2D eigenvalue weighted by Crippen LogP contribution is 2.51. The van der Waals surface area contributed by atoms with E-state index < -0.39 is 118 Å². The average Bonchev–Trinajstić information content (AvgIpc) is 3.35. The molecule has 0 spiro atoms. The third-order valence-electron chi connectivity index (χ3n) is 7.62. The van der Waals surface area contributed by atoms with E-state index in [2.05, 4.69) is 15.6 Å². The van der Waals surface area contributed by atoms with Crippen molar-refractivity contribution in [1.82, 2.24) is 20.2 Å². The highest BCUT2D eigenvalue weighted by molar-refractivity contribution is 7.47. The lowest BCUT2D eigenvalue weighted by atomic mass is 9.88. The summed E-state index contributed by atoms with van der Waals surface area (Å²) in [6, 6.07) is -0.570. The topological polar surface area (TPSA) is 370 Å². The zero-order valence-corrected chi connectivity index (χ0v) is 27.9. The number of nitrogens with one attached hydrogen (secondary N) is 2. The van der Waals surface area contributed by atoms with E-state index in [4.69, 9.17) is 33.7 Å². The Morgan fingerprint density at radius 2 is 1.88 bits per heavy atom. The van der Waals surface area contributed by atoms with Crippen LogP contribution in [0.2, 0.25) is 0 Å². The Bertz CT molecular complexity index is 1450. The van der Waals surface area contributed by atoms with E-state index >= 15 is 0 Å². The fourth-order valence-electron chi connectivity index (χ4n) is 5.00. The van der Waals surface area contributed by atoms with Crippen LogP contribution in [0.5, 0.6) is 0 Å². The lowest BCUT2D eigenvalue weighted by Gasteiger charge is -2.46. The van der Waals surface area contributed by atoms with E-state index in [-0.39, 0.29) is 25.5 Å². The molecule has 2 aliphatic heterocycles. The van der Waals surface area contributed by atoms with Crippen molar-refractivity contribution in [2.75, 3.05) is 52.4 Å². The number of amides is 2. The molecule has 25 heteroatoms. The van der Waals surface area contributed by atoms with Crippen LogP contribution >= 0.6 is 7.82 Å². The molecular weight excluding hydrogens is 717 g/mol. The van der Waals surface area contributed by atoms with E-state index in [1.165, 1.54) is 13.2 Å². The average molecular weight is 760 g/mol. The number of anilines is 1. The molecule has 1 aromatic heterocycles. The van der Waals surface area contributed by atoms with Gasteiger partial charge in [-0.25, -0.2) is 18.7 Å². The lowest BCUT2D eigenvalue weighted by Crippen LogP contribution is -2.68. The molecule has 0 aliphatic carbocycles. The highest BCUT2D eigenvalue weighted by atomic mass is 31.2. The van der Waals surface area contributed by atoms with Crippen molar-refractivity contribution >= 4 is 31.4 Å². The number of phosphoric ester groups is 1. The van der Waals surface area contributed by atoms with Crippen LogP contribution in [0.15, 0.2) is 17.1 Å². The molecule has 3 rings (SSSR count). The molecule has 0 saturated carbocycles. The number of hydrogen-bond donors (Lipinski definition) is 11. The Balaban J connectivity index is 1.71. The summed E-state index contributed by atoms with van der Waals surface area (Å²) in [5.41, 5.74) is 4.47. The van der Waals surface area contributed by atoms with Crippen molar-refractivity contribution in [2.45, 2.75) is 73.6 Å². The maximum atomic E-state index is 13.0. The molecule has 3 unspecified atom stereocenters. The first-order valence-corrected chi connectivity index (χ1v) is 16.7. The van der Waals surface area contributed by atoms with Gasteiger partial charge in [-0.05, 0) is 6.07 Å². The summed E-state index contributed by atoms with van der Waals surface area (Å²) in [4.78, 5) is 63.2. The number of aliphatic carboxylic acids is 1. The second-order valence-corrected chi connectivity index (χ2v) is 12.7. The molecule has 11 atom stereocenters. The Morgan fingerprint density at radius 1 is 1.18 bits per heavy atom. The summed E-state index contributed by atoms with van der Waals surface area (Å²) in [6.45, 7) is -2.34. The lowest BCUT2D eigenvalue weighted by molar-refractivity contribution is -0.289. The second-order valence-electron chi connectivity index (χ2n) is 11.3. The van der Waals surface area contributed by atoms with E-state index in [0.29, 0.717) is 6.61 Å². The van der Waals surface area contributed by atoms with Gasteiger partial charge in [0.1, 0.15) is 42.4 Å². The maximum Gasteiger partial charge on any atom is 0.475 e.